The zero-order valence-corrected chi connectivity index (χ0v) is 12.1. The molecule has 0 unspecified atom stereocenters. The van der Waals surface area contributed by atoms with Crippen LogP contribution in [0.15, 0.2) is 54.6 Å². The maximum absolute atomic E-state index is 12.3. The average molecular weight is 293 g/mol. The second kappa shape index (κ2) is 6.22. The van der Waals surface area contributed by atoms with Crippen molar-refractivity contribution in [2.75, 3.05) is 6.61 Å². The van der Waals surface area contributed by atoms with Crippen molar-refractivity contribution < 1.29 is 9.53 Å². The van der Waals surface area contributed by atoms with E-state index in [0.717, 1.165) is 11.3 Å². The molecular formula is C17H15N3O2. The van der Waals surface area contributed by atoms with Crippen LogP contribution < -0.4 is 4.74 Å². The normalized spacial score (nSPS) is 11.1. The van der Waals surface area contributed by atoms with E-state index in [0.29, 0.717) is 17.6 Å². The maximum Gasteiger partial charge on any atom is 0.272 e. The van der Waals surface area contributed by atoms with Gasteiger partial charge in [0.1, 0.15) is 11.3 Å². The summed E-state index contributed by atoms with van der Waals surface area (Å²) in [5, 5.41) is 7.88. The van der Waals surface area contributed by atoms with Gasteiger partial charge in [0.15, 0.2) is 0 Å². The van der Waals surface area contributed by atoms with Crippen molar-refractivity contribution in [3.05, 3.63) is 60.2 Å². The largest absolute Gasteiger partial charge is 0.493 e. The smallest absolute Gasteiger partial charge is 0.272 e. The number of fused-ring (bicyclic) bond motifs is 1. The summed E-state index contributed by atoms with van der Waals surface area (Å²) in [6.45, 7) is 2.50. The number of hydrogen-bond acceptors (Lipinski definition) is 4. The van der Waals surface area contributed by atoms with Crippen LogP contribution in [0, 0.1) is 0 Å². The Balaban J connectivity index is 1.88. The average Bonchev–Trinajstić information content (AvgIpc) is 2.98. The van der Waals surface area contributed by atoms with E-state index in [1.54, 1.807) is 6.08 Å². The number of carbonyl (C=O) groups is 1. The van der Waals surface area contributed by atoms with Crippen LogP contribution in [0.25, 0.3) is 17.1 Å². The molecule has 0 bridgehead atoms. The molecule has 3 aromatic rings. The van der Waals surface area contributed by atoms with Crippen molar-refractivity contribution in [1.82, 2.24) is 15.0 Å². The number of benzene rings is 2. The molecule has 0 saturated carbocycles. The summed E-state index contributed by atoms with van der Waals surface area (Å²) in [5.41, 5.74) is 2.23. The van der Waals surface area contributed by atoms with Crippen LogP contribution in [0.2, 0.25) is 0 Å². The van der Waals surface area contributed by atoms with Gasteiger partial charge in [-0.15, -0.1) is 5.10 Å². The lowest BCUT2D eigenvalue weighted by atomic mass is 10.2. The molecule has 0 aliphatic rings. The molecule has 5 heteroatoms. The summed E-state index contributed by atoms with van der Waals surface area (Å²) >= 11 is 0. The van der Waals surface area contributed by atoms with Crippen LogP contribution in [-0.2, 0) is 0 Å². The van der Waals surface area contributed by atoms with Gasteiger partial charge < -0.3 is 4.74 Å². The van der Waals surface area contributed by atoms with E-state index in [9.17, 15) is 4.79 Å². The molecule has 1 heterocycles. The van der Waals surface area contributed by atoms with E-state index >= 15 is 0 Å². The minimum absolute atomic E-state index is 0.250. The molecule has 0 radical (unpaired) electrons. The van der Waals surface area contributed by atoms with Gasteiger partial charge in [0, 0.05) is 11.6 Å². The maximum atomic E-state index is 12.3. The number of nitrogens with zero attached hydrogens (tertiary/aromatic N) is 3. The van der Waals surface area contributed by atoms with E-state index in [4.69, 9.17) is 4.74 Å². The van der Waals surface area contributed by atoms with Crippen LogP contribution in [0.3, 0.4) is 0 Å². The Kier molecular flexibility index (Phi) is 3.96. The minimum atomic E-state index is -0.250. The molecule has 3 rings (SSSR count). The predicted octanol–water partition coefficient (Wildman–Crippen LogP) is 3.18. The molecule has 0 spiro atoms. The Hall–Kier alpha value is -2.95. The summed E-state index contributed by atoms with van der Waals surface area (Å²) in [7, 11) is 0. The molecular weight excluding hydrogens is 278 g/mol. The highest BCUT2D eigenvalue weighted by atomic mass is 16.5. The molecule has 110 valence electrons. The summed E-state index contributed by atoms with van der Waals surface area (Å²) in [4.78, 5) is 12.3. The third-order valence-electron chi connectivity index (χ3n) is 3.18. The summed E-state index contributed by atoms with van der Waals surface area (Å²) in [5.74, 6) is 0.498. The van der Waals surface area contributed by atoms with Gasteiger partial charge in [-0.25, -0.2) is 0 Å². The Morgan fingerprint density at radius 3 is 2.82 bits per heavy atom. The number of hydrogen-bond donors (Lipinski definition) is 0. The van der Waals surface area contributed by atoms with Crippen LogP contribution in [0.5, 0.6) is 5.75 Å². The van der Waals surface area contributed by atoms with E-state index in [2.05, 4.69) is 10.3 Å². The molecule has 0 amide bonds. The van der Waals surface area contributed by atoms with Crippen molar-refractivity contribution >= 4 is 23.0 Å². The van der Waals surface area contributed by atoms with Gasteiger partial charge in [-0.05, 0) is 31.2 Å². The minimum Gasteiger partial charge on any atom is -0.493 e. The number of ether oxygens (including phenoxy) is 1. The Morgan fingerprint density at radius 2 is 1.95 bits per heavy atom. The predicted molar refractivity (Wildman–Crippen MR) is 84.8 cm³/mol. The van der Waals surface area contributed by atoms with Crippen molar-refractivity contribution in [1.29, 1.82) is 0 Å². The van der Waals surface area contributed by atoms with Gasteiger partial charge in [-0.3, -0.25) is 4.79 Å². The Labute approximate surface area is 127 Å². The van der Waals surface area contributed by atoms with Crippen LogP contribution >= 0.6 is 0 Å². The van der Waals surface area contributed by atoms with Gasteiger partial charge in [-0.1, -0.05) is 35.5 Å². The van der Waals surface area contributed by atoms with Crippen LogP contribution in [-0.4, -0.2) is 27.5 Å². The molecule has 22 heavy (non-hydrogen) atoms. The van der Waals surface area contributed by atoms with Crippen LogP contribution in [0.1, 0.15) is 17.3 Å². The molecule has 0 aliphatic heterocycles. The highest BCUT2D eigenvalue weighted by molar-refractivity contribution is 5.98. The first-order valence-corrected chi connectivity index (χ1v) is 7.04. The van der Waals surface area contributed by atoms with E-state index in [1.165, 1.54) is 10.8 Å². The van der Waals surface area contributed by atoms with E-state index in [-0.39, 0.29) is 5.91 Å². The number of carbonyl (C=O) groups excluding carboxylic acids is 1. The number of allylic oxidation sites excluding steroid dienone is 1. The highest BCUT2D eigenvalue weighted by Gasteiger charge is 2.08. The fraction of sp³-hybridized carbons (Fsp3) is 0.118. The van der Waals surface area contributed by atoms with Gasteiger partial charge >= 0.3 is 0 Å². The standard InChI is InChI=1S/C17H15N3O2/c1-2-22-16-10-6-3-7-13(16)11-12-17(21)20-15-9-5-4-8-14(15)18-19-20/h3-12H,2H2,1H3. The number of para-hydroxylation sites is 2. The topological polar surface area (TPSA) is 57.0 Å². The third-order valence-corrected chi connectivity index (χ3v) is 3.18. The van der Waals surface area contributed by atoms with E-state index in [1.807, 2.05) is 55.5 Å². The lowest BCUT2D eigenvalue weighted by Crippen LogP contribution is -2.09. The molecule has 5 nitrogen and oxygen atoms in total. The Bertz CT molecular complexity index is 837. The molecule has 0 atom stereocenters. The van der Waals surface area contributed by atoms with Gasteiger partial charge in [0.2, 0.25) is 0 Å². The Morgan fingerprint density at radius 1 is 1.18 bits per heavy atom. The third kappa shape index (κ3) is 2.74. The molecule has 0 N–H and O–H groups in total. The quantitative estimate of drug-likeness (QED) is 0.693. The summed E-state index contributed by atoms with van der Waals surface area (Å²) in [6, 6.07) is 14.9. The molecule has 1 aromatic heterocycles. The summed E-state index contributed by atoms with van der Waals surface area (Å²) < 4.78 is 6.82. The zero-order valence-electron chi connectivity index (χ0n) is 12.1. The lowest BCUT2D eigenvalue weighted by Gasteiger charge is -2.06. The fourth-order valence-corrected chi connectivity index (χ4v) is 2.17. The lowest BCUT2D eigenvalue weighted by molar-refractivity contribution is 0.0958. The van der Waals surface area contributed by atoms with Gasteiger partial charge in [0.25, 0.3) is 5.91 Å². The SMILES string of the molecule is CCOc1ccccc1C=CC(=O)n1nnc2ccccc21. The fourth-order valence-electron chi connectivity index (χ4n) is 2.17. The van der Waals surface area contributed by atoms with E-state index < -0.39 is 0 Å². The first-order valence-electron chi connectivity index (χ1n) is 7.04. The first-order chi connectivity index (χ1) is 10.8. The van der Waals surface area contributed by atoms with Crippen molar-refractivity contribution in [2.45, 2.75) is 6.92 Å². The molecule has 0 fully saturated rings. The number of aromatic nitrogens is 3. The van der Waals surface area contributed by atoms with Crippen LogP contribution in [0.4, 0.5) is 0 Å². The zero-order chi connectivity index (χ0) is 15.4. The van der Waals surface area contributed by atoms with Crippen molar-refractivity contribution in [3.63, 3.8) is 0 Å². The summed E-state index contributed by atoms with van der Waals surface area (Å²) in [6.07, 6.45) is 3.20. The van der Waals surface area contributed by atoms with Gasteiger partial charge in [-0.2, -0.15) is 4.68 Å². The number of rotatable bonds is 4. The monoisotopic (exact) mass is 293 g/mol. The van der Waals surface area contributed by atoms with Crippen molar-refractivity contribution in [3.8, 4) is 5.75 Å². The second-order valence-electron chi connectivity index (χ2n) is 4.63. The second-order valence-corrected chi connectivity index (χ2v) is 4.63. The molecule has 0 saturated heterocycles. The molecule has 0 aliphatic carbocycles. The first kappa shape index (κ1) is 14.0. The molecule has 2 aromatic carbocycles. The van der Waals surface area contributed by atoms with Gasteiger partial charge in [0.05, 0.1) is 12.1 Å². The van der Waals surface area contributed by atoms with Crippen molar-refractivity contribution in [2.24, 2.45) is 0 Å². The highest BCUT2D eigenvalue weighted by Crippen LogP contribution is 2.19.